The van der Waals surface area contributed by atoms with E-state index in [0.29, 0.717) is 0 Å². The highest BCUT2D eigenvalue weighted by Gasteiger charge is 2.19. The molecule has 1 aromatic heterocycles. The normalized spacial score (nSPS) is 17.3. The van der Waals surface area contributed by atoms with Crippen LogP contribution in [-0.2, 0) is 4.79 Å². The van der Waals surface area contributed by atoms with E-state index < -0.39 is 5.60 Å². The summed E-state index contributed by atoms with van der Waals surface area (Å²) in [5.41, 5.74) is -0.442. The van der Waals surface area contributed by atoms with Gasteiger partial charge in [0.15, 0.2) is 11.4 Å². The van der Waals surface area contributed by atoms with Crippen molar-refractivity contribution in [1.82, 2.24) is 0 Å². The second-order valence-corrected chi connectivity index (χ2v) is 3.94. The van der Waals surface area contributed by atoms with Crippen molar-refractivity contribution >= 4 is 17.1 Å². The second-order valence-electron chi connectivity index (χ2n) is 3.16. The topological polar surface area (TPSA) is 37.3 Å². The summed E-state index contributed by atoms with van der Waals surface area (Å²) in [6.45, 7) is 0. The molecule has 0 amide bonds. The minimum absolute atomic E-state index is 0.128. The molecule has 2 rings (SSSR count). The third-order valence-corrected chi connectivity index (χ3v) is 2.61. The SMILES string of the molecule is O=C1C=CC(O)(C#Cc2ccsc2)C=C1. The van der Waals surface area contributed by atoms with E-state index in [1.54, 1.807) is 11.3 Å². The third kappa shape index (κ3) is 2.44. The van der Waals surface area contributed by atoms with Gasteiger partial charge in [0.2, 0.25) is 0 Å². The van der Waals surface area contributed by atoms with E-state index in [1.807, 2.05) is 16.8 Å². The Morgan fingerprint density at radius 3 is 2.67 bits per heavy atom. The molecular weight excluding hydrogens is 208 g/mol. The number of rotatable bonds is 0. The predicted octanol–water partition coefficient (Wildman–Crippen LogP) is 1.53. The summed E-state index contributed by atoms with van der Waals surface area (Å²) in [4.78, 5) is 10.9. The summed E-state index contributed by atoms with van der Waals surface area (Å²) in [7, 11) is 0. The van der Waals surface area contributed by atoms with Crippen LogP contribution in [0.15, 0.2) is 41.1 Å². The molecule has 0 saturated heterocycles. The first-order valence-corrected chi connectivity index (χ1v) is 5.32. The van der Waals surface area contributed by atoms with Gasteiger partial charge in [-0.15, -0.1) is 0 Å². The summed E-state index contributed by atoms with van der Waals surface area (Å²) >= 11 is 1.55. The first kappa shape index (κ1) is 9.91. The van der Waals surface area contributed by atoms with Crippen molar-refractivity contribution in [2.24, 2.45) is 0 Å². The Balaban J connectivity index is 2.22. The van der Waals surface area contributed by atoms with Crippen LogP contribution < -0.4 is 0 Å². The number of aliphatic hydroxyl groups is 1. The van der Waals surface area contributed by atoms with Gasteiger partial charge in [-0.05, 0) is 35.8 Å². The lowest BCUT2D eigenvalue weighted by molar-refractivity contribution is -0.110. The first-order chi connectivity index (χ1) is 7.18. The zero-order valence-electron chi connectivity index (χ0n) is 7.81. The fraction of sp³-hybridized carbons (Fsp3) is 0.0833. The van der Waals surface area contributed by atoms with Gasteiger partial charge >= 0.3 is 0 Å². The highest BCUT2D eigenvalue weighted by atomic mass is 32.1. The quantitative estimate of drug-likeness (QED) is 0.668. The van der Waals surface area contributed by atoms with E-state index in [4.69, 9.17) is 0 Å². The largest absolute Gasteiger partial charge is 0.370 e. The van der Waals surface area contributed by atoms with E-state index in [1.165, 1.54) is 24.3 Å². The lowest BCUT2D eigenvalue weighted by Gasteiger charge is -2.14. The van der Waals surface area contributed by atoms with Crippen molar-refractivity contribution in [3.63, 3.8) is 0 Å². The Morgan fingerprint density at radius 1 is 1.33 bits per heavy atom. The van der Waals surface area contributed by atoms with Crippen LogP contribution in [0.5, 0.6) is 0 Å². The maximum absolute atomic E-state index is 10.9. The molecule has 0 fully saturated rings. The number of carbonyl (C=O) groups excluding carboxylic acids is 1. The molecule has 2 nitrogen and oxygen atoms in total. The molecule has 3 heteroatoms. The van der Waals surface area contributed by atoms with Crippen molar-refractivity contribution in [1.29, 1.82) is 0 Å². The molecule has 1 N–H and O–H groups in total. The van der Waals surface area contributed by atoms with Gasteiger partial charge in [-0.3, -0.25) is 4.79 Å². The van der Waals surface area contributed by atoms with Crippen molar-refractivity contribution in [3.05, 3.63) is 46.7 Å². The van der Waals surface area contributed by atoms with Crippen molar-refractivity contribution in [2.75, 3.05) is 0 Å². The summed E-state index contributed by atoms with van der Waals surface area (Å²) < 4.78 is 0. The van der Waals surface area contributed by atoms with Crippen LogP contribution in [0.1, 0.15) is 5.56 Å². The Hall–Kier alpha value is -1.63. The van der Waals surface area contributed by atoms with Crippen LogP contribution in [-0.4, -0.2) is 16.5 Å². The molecule has 0 saturated carbocycles. The summed E-state index contributed by atoms with van der Waals surface area (Å²) in [6.07, 6.45) is 5.44. The fourth-order valence-corrected chi connectivity index (χ4v) is 1.71. The monoisotopic (exact) mass is 216 g/mol. The van der Waals surface area contributed by atoms with Gasteiger partial charge in [0.25, 0.3) is 0 Å². The third-order valence-electron chi connectivity index (χ3n) is 1.93. The zero-order chi connectivity index (χ0) is 10.7. The van der Waals surface area contributed by atoms with Crippen molar-refractivity contribution in [3.8, 4) is 11.8 Å². The highest BCUT2D eigenvalue weighted by Crippen LogP contribution is 2.13. The molecule has 1 heterocycles. The predicted molar refractivity (Wildman–Crippen MR) is 59.4 cm³/mol. The Bertz CT molecular complexity index is 467. The van der Waals surface area contributed by atoms with Gasteiger partial charge < -0.3 is 5.11 Å². The van der Waals surface area contributed by atoms with Gasteiger partial charge in [-0.1, -0.05) is 11.8 Å². The van der Waals surface area contributed by atoms with Crippen LogP contribution in [0.4, 0.5) is 0 Å². The van der Waals surface area contributed by atoms with Gasteiger partial charge in [0.1, 0.15) is 0 Å². The lowest BCUT2D eigenvalue weighted by atomic mass is 9.98. The van der Waals surface area contributed by atoms with Crippen LogP contribution >= 0.6 is 11.3 Å². The molecule has 15 heavy (non-hydrogen) atoms. The van der Waals surface area contributed by atoms with Gasteiger partial charge in [0, 0.05) is 10.9 Å². The molecule has 1 aliphatic carbocycles. The molecule has 0 aliphatic heterocycles. The Morgan fingerprint density at radius 2 is 2.07 bits per heavy atom. The molecule has 0 bridgehead atoms. The van der Waals surface area contributed by atoms with Gasteiger partial charge in [-0.2, -0.15) is 11.3 Å². The minimum Gasteiger partial charge on any atom is -0.370 e. The Kier molecular flexibility index (Phi) is 2.55. The molecule has 0 atom stereocenters. The Labute approximate surface area is 91.6 Å². The minimum atomic E-state index is -1.31. The maximum atomic E-state index is 10.9. The molecule has 0 unspecified atom stereocenters. The van der Waals surface area contributed by atoms with Crippen LogP contribution in [0.3, 0.4) is 0 Å². The molecular formula is C12H8O2S. The number of carbonyl (C=O) groups is 1. The van der Waals surface area contributed by atoms with E-state index in [2.05, 4.69) is 11.8 Å². The molecule has 1 aromatic rings. The number of hydrogen-bond acceptors (Lipinski definition) is 3. The first-order valence-electron chi connectivity index (χ1n) is 4.38. The fourth-order valence-electron chi connectivity index (χ4n) is 1.12. The lowest BCUT2D eigenvalue weighted by Crippen LogP contribution is -2.23. The van der Waals surface area contributed by atoms with E-state index >= 15 is 0 Å². The average Bonchev–Trinajstić information content (AvgIpc) is 2.73. The van der Waals surface area contributed by atoms with Crippen molar-refractivity contribution < 1.29 is 9.90 Å². The standard InChI is InChI=1S/C12H8O2S/c13-11-2-6-12(14,7-3-11)5-1-10-4-8-15-9-10/h2-4,6-9,14H. The van der Waals surface area contributed by atoms with Crippen LogP contribution in [0.2, 0.25) is 0 Å². The average molecular weight is 216 g/mol. The molecule has 0 spiro atoms. The van der Waals surface area contributed by atoms with Crippen LogP contribution in [0, 0.1) is 11.8 Å². The number of allylic oxidation sites excluding steroid dienone is 2. The van der Waals surface area contributed by atoms with Crippen molar-refractivity contribution in [2.45, 2.75) is 5.60 Å². The van der Waals surface area contributed by atoms with E-state index in [9.17, 15) is 9.90 Å². The summed E-state index contributed by atoms with van der Waals surface area (Å²) in [6, 6.07) is 1.88. The number of hydrogen-bond donors (Lipinski definition) is 1. The maximum Gasteiger partial charge on any atom is 0.178 e. The smallest absolute Gasteiger partial charge is 0.178 e. The molecule has 0 radical (unpaired) electrons. The molecule has 1 aliphatic rings. The van der Waals surface area contributed by atoms with E-state index in [0.717, 1.165) is 5.56 Å². The van der Waals surface area contributed by atoms with E-state index in [-0.39, 0.29) is 5.78 Å². The highest BCUT2D eigenvalue weighted by molar-refractivity contribution is 7.08. The summed E-state index contributed by atoms with van der Waals surface area (Å²) in [5.74, 6) is 5.43. The second kappa shape index (κ2) is 3.85. The zero-order valence-corrected chi connectivity index (χ0v) is 8.62. The van der Waals surface area contributed by atoms with Crippen LogP contribution in [0.25, 0.3) is 0 Å². The molecule has 74 valence electrons. The van der Waals surface area contributed by atoms with Gasteiger partial charge in [-0.25, -0.2) is 0 Å². The molecule has 0 aromatic carbocycles. The number of ketones is 1. The summed E-state index contributed by atoms with van der Waals surface area (Å²) in [5, 5.41) is 13.7. The number of thiophene rings is 1. The van der Waals surface area contributed by atoms with Gasteiger partial charge in [0.05, 0.1) is 0 Å².